The number of rotatable bonds is 4. The van der Waals surface area contributed by atoms with E-state index < -0.39 is 12.1 Å². The van der Waals surface area contributed by atoms with Crippen LogP contribution < -0.4 is 16.0 Å². The van der Waals surface area contributed by atoms with Crippen molar-refractivity contribution in [2.45, 2.75) is 25.4 Å². The summed E-state index contributed by atoms with van der Waals surface area (Å²) >= 11 is 0. The van der Waals surface area contributed by atoms with Gasteiger partial charge in [-0.25, -0.2) is 0 Å². The molecular weight excluding hydrogens is 338 g/mol. The molecule has 1 saturated heterocycles. The highest BCUT2D eigenvalue weighted by Crippen LogP contribution is 2.22. The fourth-order valence-corrected chi connectivity index (χ4v) is 2.87. The predicted molar refractivity (Wildman–Crippen MR) is 101 cm³/mol. The standard InChI is InChI=1S/C19H21N3O2.ClH/c1-13-7-9-15(10-8-13)22-12-11-16(19(22)24)21-18(23)17(20)14-5-3-2-4-6-14;/h2-10,16-17H,11-12,20H2,1H3,(H,21,23);1H. The summed E-state index contributed by atoms with van der Waals surface area (Å²) in [4.78, 5) is 26.6. The summed E-state index contributed by atoms with van der Waals surface area (Å²) < 4.78 is 0. The summed E-state index contributed by atoms with van der Waals surface area (Å²) in [5, 5.41) is 2.78. The average molecular weight is 360 g/mol. The third-order valence-corrected chi connectivity index (χ3v) is 4.31. The molecule has 1 aliphatic heterocycles. The average Bonchev–Trinajstić information content (AvgIpc) is 2.96. The summed E-state index contributed by atoms with van der Waals surface area (Å²) in [6.45, 7) is 2.59. The fourth-order valence-electron chi connectivity index (χ4n) is 2.87. The highest BCUT2D eigenvalue weighted by Gasteiger charge is 2.34. The molecule has 0 radical (unpaired) electrons. The van der Waals surface area contributed by atoms with Gasteiger partial charge < -0.3 is 16.0 Å². The Morgan fingerprint density at radius 3 is 2.44 bits per heavy atom. The molecular formula is C19H22ClN3O2. The first-order valence-electron chi connectivity index (χ1n) is 8.05. The summed E-state index contributed by atoms with van der Waals surface area (Å²) in [7, 11) is 0. The molecule has 1 fully saturated rings. The van der Waals surface area contributed by atoms with Crippen molar-refractivity contribution in [3.8, 4) is 0 Å². The van der Waals surface area contributed by atoms with Crippen LogP contribution in [0.1, 0.15) is 23.6 Å². The van der Waals surface area contributed by atoms with Gasteiger partial charge in [-0.15, -0.1) is 12.4 Å². The number of anilines is 1. The van der Waals surface area contributed by atoms with Crippen LogP contribution in [0.15, 0.2) is 54.6 Å². The number of nitrogens with one attached hydrogen (secondary N) is 1. The number of nitrogens with zero attached hydrogens (tertiary/aromatic N) is 1. The van der Waals surface area contributed by atoms with Crippen LogP contribution in [0.3, 0.4) is 0 Å². The summed E-state index contributed by atoms with van der Waals surface area (Å²) in [5.74, 6) is -0.419. The molecule has 0 aliphatic carbocycles. The molecule has 2 aromatic rings. The normalized spacial score (nSPS) is 17.8. The predicted octanol–water partition coefficient (Wildman–Crippen LogP) is 2.34. The number of aryl methyl sites for hydroxylation is 1. The van der Waals surface area contributed by atoms with E-state index in [-0.39, 0.29) is 24.2 Å². The lowest BCUT2D eigenvalue weighted by Crippen LogP contribution is -2.45. The molecule has 132 valence electrons. The minimum Gasteiger partial charge on any atom is -0.343 e. The minimum atomic E-state index is -0.771. The van der Waals surface area contributed by atoms with Gasteiger partial charge >= 0.3 is 0 Å². The highest BCUT2D eigenvalue weighted by atomic mass is 35.5. The molecule has 3 N–H and O–H groups in total. The second kappa shape index (κ2) is 8.14. The largest absolute Gasteiger partial charge is 0.343 e. The smallest absolute Gasteiger partial charge is 0.249 e. The van der Waals surface area contributed by atoms with E-state index in [2.05, 4.69) is 5.32 Å². The van der Waals surface area contributed by atoms with E-state index >= 15 is 0 Å². The SMILES string of the molecule is Cc1ccc(N2CCC(NC(=O)C(N)c3ccccc3)C2=O)cc1.Cl. The molecule has 1 aliphatic rings. The Bertz CT molecular complexity index is 734. The third-order valence-electron chi connectivity index (χ3n) is 4.31. The van der Waals surface area contributed by atoms with Crippen LogP contribution in [0.5, 0.6) is 0 Å². The van der Waals surface area contributed by atoms with Gasteiger partial charge in [-0.2, -0.15) is 0 Å². The Morgan fingerprint density at radius 2 is 1.80 bits per heavy atom. The lowest BCUT2D eigenvalue weighted by Gasteiger charge is -2.19. The Morgan fingerprint density at radius 1 is 1.16 bits per heavy atom. The van der Waals surface area contributed by atoms with Crippen molar-refractivity contribution in [3.63, 3.8) is 0 Å². The zero-order valence-corrected chi connectivity index (χ0v) is 14.8. The molecule has 0 spiro atoms. The Kier molecular flexibility index (Phi) is 6.17. The first kappa shape index (κ1) is 19.0. The molecule has 5 nitrogen and oxygen atoms in total. The summed E-state index contributed by atoms with van der Waals surface area (Å²) in [5.41, 5.74) is 8.72. The maximum Gasteiger partial charge on any atom is 0.249 e. The van der Waals surface area contributed by atoms with Gasteiger partial charge in [-0.1, -0.05) is 48.0 Å². The van der Waals surface area contributed by atoms with Gasteiger partial charge in [0.05, 0.1) is 0 Å². The molecule has 0 bridgehead atoms. The number of nitrogens with two attached hydrogens (primary N) is 1. The van der Waals surface area contributed by atoms with Crippen LogP contribution in [-0.2, 0) is 9.59 Å². The van der Waals surface area contributed by atoms with Crippen molar-refractivity contribution in [3.05, 3.63) is 65.7 Å². The van der Waals surface area contributed by atoms with Gasteiger partial charge in [0, 0.05) is 12.2 Å². The number of benzene rings is 2. The molecule has 6 heteroatoms. The number of amides is 2. The molecule has 0 aromatic heterocycles. The van der Waals surface area contributed by atoms with Crippen molar-refractivity contribution < 1.29 is 9.59 Å². The van der Waals surface area contributed by atoms with Crippen LogP contribution in [-0.4, -0.2) is 24.4 Å². The van der Waals surface area contributed by atoms with Crippen molar-refractivity contribution in [2.75, 3.05) is 11.4 Å². The van der Waals surface area contributed by atoms with E-state index in [1.54, 1.807) is 17.0 Å². The maximum absolute atomic E-state index is 12.6. The fraction of sp³-hybridized carbons (Fsp3) is 0.263. The number of carbonyl (C=O) groups excluding carboxylic acids is 2. The van der Waals surface area contributed by atoms with Gasteiger partial charge in [-0.05, 0) is 31.0 Å². The van der Waals surface area contributed by atoms with E-state index in [0.717, 1.165) is 16.8 Å². The van der Waals surface area contributed by atoms with E-state index in [1.165, 1.54) is 0 Å². The molecule has 2 unspecified atom stereocenters. The Labute approximate surface area is 153 Å². The second-order valence-electron chi connectivity index (χ2n) is 6.06. The van der Waals surface area contributed by atoms with Crippen LogP contribution >= 0.6 is 12.4 Å². The van der Waals surface area contributed by atoms with Crippen molar-refractivity contribution in [2.24, 2.45) is 5.73 Å². The van der Waals surface area contributed by atoms with Gasteiger partial charge in [0.25, 0.3) is 0 Å². The molecule has 25 heavy (non-hydrogen) atoms. The number of carbonyl (C=O) groups is 2. The van der Waals surface area contributed by atoms with E-state index in [1.807, 2.05) is 49.4 Å². The lowest BCUT2D eigenvalue weighted by atomic mass is 10.1. The molecule has 3 rings (SSSR count). The minimum absolute atomic E-state index is 0. The zero-order valence-electron chi connectivity index (χ0n) is 14.0. The van der Waals surface area contributed by atoms with Crippen molar-refractivity contribution in [1.29, 1.82) is 0 Å². The molecule has 2 amide bonds. The number of hydrogen-bond donors (Lipinski definition) is 2. The number of halogens is 1. The lowest BCUT2D eigenvalue weighted by molar-refractivity contribution is -0.127. The molecule has 1 heterocycles. The van der Waals surface area contributed by atoms with Crippen molar-refractivity contribution >= 4 is 29.9 Å². The van der Waals surface area contributed by atoms with Crippen LogP contribution in [0.25, 0.3) is 0 Å². The first-order valence-corrected chi connectivity index (χ1v) is 8.05. The Hall–Kier alpha value is -2.37. The first-order chi connectivity index (χ1) is 11.6. The number of hydrogen-bond acceptors (Lipinski definition) is 3. The van der Waals surface area contributed by atoms with Crippen LogP contribution in [0.2, 0.25) is 0 Å². The van der Waals surface area contributed by atoms with Crippen LogP contribution in [0.4, 0.5) is 5.69 Å². The highest BCUT2D eigenvalue weighted by molar-refractivity contribution is 6.01. The summed E-state index contributed by atoms with van der Waals surface area (Å²) in [6.07, 6.45) is 0.583. The van der Waals surface area contributed by atoms with E-state index in [0.29, 0.717) is 13.0 Å². The molecule has 2 aromatic carbocycles. The van der Waals surface area contributed by atoms with Gasteiger partial charge in [0.15, 0.2) is 0 Å². The topological polar surface area (TPSA) is 75.4 Å². The van der Waals surface area contributed by atoms with Crippen LogP contribution in [0, 0.1) is 6.92 Å². The Balaban J connectivity index is 0.00000225. The van der Waals surface area contributed by atoms with E-state index in [9.17, 15) is 9.59 Å². The maximum atomic E-state index is 12.6. The zero-order chi connectivity index (χ0) is 17.1. The molecule has 0 saturated carbocycles. The van der Waals surface area contributed by atoms with Gasteiger partial charge in [0.2, 0.25) is 11.8 Å². The molecule has 2 atom stereocenters. The van der Waals surface area contributed by atoms with Gasteiger partial charge in [0.1, 0.15) is 12.1 Å². The quantitative estimate of drug-likeness (QED) is 0.879. The second-order valence-corrected chi connectivity index (χ2v) is 6.06. The third kappa shape index (κ3) is 4.18. The monoisotopic (exact) mass is 359 g/mol. The van der Waals surface area contributed by atoms with E-state index in [4.69, 9.17) is 5.73 Å². The van der Waals surface area contributed by atoms with Gasteiger partial charge in [-0.3, -0.25) is 9.59 Å². The van der Waals surface area contributed by atoms with Crippen molar-refractivity contribution in [1.82, 2.24) is 5.32 Å². The summed E-state index contributed by atoms with van der Waals surface area (Å²) in [6, 6.07) is 15.7.